The highest BCUT2D eigenvalue weighted by molar-refractivity contribution is 5.79. The first-order chi connectivity index (χ1) is 10.6. The van der Waals surface area contributed by atoms with Gasteiger partial charge in [-0.15, -0.1) is 0 Å². The first kappa shape index (κ1) is 15.2. The van der Waals surface area contributed by atoms with Crippen LogP contribution in [0.2, 0.25) is 0 Å². The van der Waals surface area contributed by atoms with Crippen LogP contribution in [0, 0.1) is 12.8 Å². The second-order valence-electron chi connectivity index (χ2n) is 6.41. The van der Waals surface area contributed by atoms with Gasteiger partial charge in [-0.3, -0.25) is 4.79 Å². The number of carbonyl (C=O) groups excluding carboxylic acids is 1. The zero-order valence-corrected chi connectivity index (χ0v) is 13.5. The largest absolute Gasteiger partial charge is 0.340 e. The van der Waals surface area contributed by atoms with E-state index < -0.39 is 0 Å². The van der Waals surface area contributed by atoms with E-state index in [1.54, 1.807) is 6.20 Å². The molecule has 3 heterocycles. The molecule has 0 saturated carbocycles. The first-order valence-electron chi connectivity index (χ1n) is 8.15. The van der Waals surface area contributed by atoms with Gasteiger partial charge in [-0.1, -0.05) is 0 Å². The lowest BCUT2D eigenvalue weighted by molar-refractivity contribution is -0.137. The molecule has 120 valence electrons. The summed E-state index contributed by atoms with van der Waals surface area (Å²) in [6, 6.07) is 1.90. The summed E-state index contributed by atoms with van der Waals surface area (Å²) in [5, 5.41) is 0. The van der Waals surface area contributed by atoms with Crippen LogP contribution in [0.25, 0.3) is 0 Å². The number of aryl methyl sites for hydroxylation is 1. The Kier molecular flexibility index (Phi) is 4.57. The molecule has 0 radical (unpaired) electrons. The Labute approximate surface area is 132 Å². The van der Waals surface area contributed by atoms with Gasteiger partial charge in [-0.05, 0) is 32.9 Å². The number of piperazine rings is 1. The molecule has 6 heteroatoms. The molecule has 1 aromatic rings. The van der Waals surface area contributed by atoms with Gasteiger partial charge >= 0.3 is 0 Å². The number of piperidine rings is 1. The first-order valence-corrected chi connectivity index (χ1v) is 8.15. The van der Waals surface area contributed by atoms with Crippen molar-refractivity contribution in [3.8, 4) is 0 Å². The van der Waals surface area contributed by atoms with Crippen LogP contribution in [-0.2, 0) is 4.79 Å². The number of amides is 1. The highest BCUT2D eigenvalue weighted by atomic mass is 16.2. The van der Waals surface area contributed by atoms with Crippen molar-refractivity contribution in [1.82, 2.24) is 19.8 Å². The molecule has 1 atom stereocenters. The van der Waals surface area contributed by atoms with Crippen LogP contribution < -0.4 is 4.90 Å². The van der Waals surface area contributed by atoms with Crippen LogP contribution in [0.1, 0.15) is 18.5 Å². The van der Waals surface area contributed by atoms with E-state index in [1.165, 1.54) is 0 Å². The summed E-state index contributed by atoms with van der Waals surface area (Å²) in [6.45, 7) is 7.32. The summed E-state index contributed by atoms with van der Waals surface area (Å²) in [7, 11) is 2.11. The SMILES string of the molecule is Cc1ccnc(N2CCCC(C(=O)N3CCN(C)CC3)C2)n1. The molecular formula is C16H25N5O. The van der Waals surface area contributed by atoms with Crippen LogP contribution in [0.4, 0.5) is 5.95 Å². The minimum Gasteiger partial charge on any atom is -0.340 e. The van der Waals surface area contributed by atoms with Gasteiger partial charge in [0.15, 0.2) is 0 Å². The lowest BCUT2D eigenvalue weighted by Crippen LogP contribution is -2.51. The lowest BCUT2D eigenvalue weighted by atomic mass is 9.96. The molecule has 0 bridgehead atoms. The maximum absolute atomic E-state index is 12.7. The smallest absolute Gasteiger partial charge is 0.227 e. The van der Waals surface area contributed by atoms with Crippen molar-refractivity contribution in [2.24, 2.45) is 5.92 Å². The number of likely N-dealkylation sites (N-methyl/N-ethyl adjacent to an activating group) is 1. The molecule has 2 saturated heterocycles. The highest BCUT2D eigenvalue weighted by Crippen LogP contribution is 2.22. The number of rotatable bonds is 2. The Hall–Kier alpha value is -1.69. The van der Waals surface area contributed by atoms with Crippen LogP contribution in [-0.4, -0.2) is 72.0 Å². The zero-order valence-electron chi connectivity index (χ0n) is 13.5. The van der Waals surface area contributed by atoms with Gasteiger partial charge in [0.05, 0.1) is 5.92 Å². The van der Waals surface area contributed by atoms with Gasteiger partial charge in [-0.25, -0.2) is 9.97 Å². The zero-order chi connectivity index (χ0) is 15.5. The molecule has 1 amide bonds. The maximum atomic E-state index is 12.7. The minimum atomic E-state index is 0.0845. The molecule has 22 heavy (non-hydrogen) atoms. The van der Waals surface area contributed by atoms with Crippen LogP contribution >= 0.6 is 0 Å². The quantitative estimate of drug-likeness (QED) is 0.808. The average molecular weight is 303 g/mol. The van der Waals surface area contributed by atoms with E-state index in [2.05, 4.69) is 26.8 Å². The predicted molar refractivity (Wildman–Crippen MR) is 85.8 cm³/mol. The second kappa shape index (κ2) is 6.60. The summed E-state index contributed by atoms with van der Waals surface area (Å²) in [6.07, 6.45) is 3.80. The van der Waals surface area contributed by atoms with Crippen molar-refractivity contribution in [1.29, 1.82) is 0 Å². The molecule has 1 unspecified atom stereocenters. The molecule has 0 aliphatic carbocycles. The second-order valence-corrected chi connectivity index (χ2v) is 6.41. The van der Waals surface area contributed by atoms with Crippen molar-refractivity contribution < 1.29 is 4.79 Å². The van der Waals surface area contributed by atoms with Crippen LogP contribution in [0.5, 0.6) is 0 Å². The van der Waals surface area contributed by atoms with E-state index in [9.17, 15) is 4.79 Å². The number of carbonyl (C=O) groups is 1. The lowest BCUT2D eigenvalue weighted by Gasteiger charge is -2.38. The molecule has 6 nitrogen and oxygen atoms in total. The van der Waals surface area contributed by atoms with Gasteiger partial charge in [0.2, 0.25) is 11.9 Å². The number of hydrogen-bond donors (Lipinski definition) is 0. The van der Waals surface area contributed by atoms with E-state index in [-0.39, 0.29) is 5.92 Å². The summed E-state index contributed by atoms with van der Waals surface area (Å²) in [5.74, 6) is 1.16. The minimum absolute atomic E-state index is 0.0845. The van der Waals surface area contributed by atoms with E-state index in [1.807, 2.05) is 17.9 Å². The van der Waals surface area contributed by atoms with Gasteiger partial charge in [0.25, 0.3) is 0 Å². The fourth-order valence-corrected chi connectivity index (χ4v) is 3.23. The fraction of sp³-hybridized carbons (Fsp3) is 0.688. The van der Waals surface area contributed by atoms with Crippen molar-refractivity contribution in [3.05, 3.63) is 18.0 Å². The fourth-order valence-electron chi connectivity index (χ4n) is 3.23. The molecule has 3 rings (SSSR count). The Balaban J connectivity index is 1.64. The van der Waals surface area contributed by atoms with E-state index in [4.69, 9.17) is 0 Å². The third kappa shape index (κ3) is 3.38. The standard InChI is InChI=1S/C16H25N5O/c1-13-5-6-17-16(18-13)21-7-3-4-14(12-21)15(22)20-10-8-19(2)9-11-20/h5-6,14H,3-4,7-12H2,1-2H3. The maximum Gasteiger partial charge on any atom is 0.227 e. The Morgan fingerprint density at radius 2 is 2.00 bits per heavy atom. The van der Waals surface area contributed by atoms with Gasteiger partial charge < -0.3 is 14.7 Å². The summed E-state index contributed by atoms with van der Waals surface area (Å²) in [5.41, 5.74) is 0.970. The predicted octanol–water partition coefficient (Wildman–Crippen LogP) is 0.775. The Morgan fingerprint density at radius 1 is 1.23 bits per heavy atom. The monoisotopic (exact) mass is 303 g/mol. The Bertz CT molecular complexity index is 527. The Morgan fingerprint density at radius 3 is 2.73 bits per heavy atom. The molecule has 0 aromatic carbocycles. The van der Waals surface area contributed by atoms with Crippen LogP contribution in [0.15, 0.2) is 12.3 Å². The summed E-state index contributed by atoms with van der Waals surface area (Å²) in [4.78, 5) is 28.1. The molecule has 0 N–H and O–H groups in total. The number of hydrogen-bond acceptors (Lipinski definition) is 5. The molecule has 2 fully saturated rings. The molecule has 0 spiro atoms. The van der Waals surface area contributed by atoms with Crippen molar-refractivity contribution in [3.63, 3.8) is 0 Å². The topological polar surface area (TPSA) is 52.6 Å². The molecule has 1 aromatic heterocycles. The molecule has 2 aliphatic rings. The molecule has 2 aliphatic heterocycles. The van der Waals surface area contributed by atoms with E-state index in [0.29, 0.717) is 5.91 Å². The number of anilines is 1. The van der Waals surface area contributed by atoms with E-state index >= 15 is 0 Å². The van der Waals surface area contributed by atoms with Gasteiger partial charge in [0, 0.05) is 51.2 Å². The van der Waals surface area contributed by atoms with Crippen molar-refractivity contribution in [2.45, 2.75) is 19.8 Å². The van der Waals surface area contributed by atoms with Gasteiger partial charge in [0.1, 0.15) is 0 Å². The van der Waals surface area contributed by atoms with E-state index in [0.717, 1.165) is 63.8 Å². The third-order valence-corrected chi connectivity index (χ3v) is 4.65. The number of aromatic nitrogens is 2. The van der Waals surface area contributed by atoms with Gasteiger partial charge in [-0.2, -0.15) is 0 Å². The average Bonchev–Trinajstić information content (AvgIpc) is 2.55. The number of nitrogens with zero attached hydrogens (tertiary/aromatic N) is 5. The highest BCUT2D eigenvalue weighted by Gasteiger charge is 2.31. The summed E-state index contributed by atoms with van der Waals surface area (Å²) < 4.78 is 0. The normalized spacial score (nSPS) is 23.6. The molecular weight excluding hydrogens is 278 g/mol. The third-order valence-electron chi connectivity index (χ3n) is 4.65. The van der Waals surface area contributed by atoms with Crippen molar-refractivity contribution in [2.75, 3.05) is 51.2 Å². The summed E-state index contributed by atoms with van der Waals surface area (Å²) >= 11 is 0. The van der Waals surface area contributed by atoms with Crippen LogP contribution in [0.3, 0.4) is 0 Å². The van der Waals surface area contributed by atoms with Crippen molar-refractivity contribution >= 4 is 11.9 Å².